The van der Waals surface area contributed by atoms with Crippen LogP contribution in [-0.2, 0) is 4.79 Å². The number of benzene rings is 4. The first-order chi connectivity index (χ1) is 24.2. The minimum absolute atomic E-state index is 0.0195. The predicted molar refractivity (Wildman–Crippen MR) is 204 cm³/mol. The topological polar surface area (TPSA) is 95.1 Å². The highest BCUT2D eigenvalue weighted by Gasteiger charge is 2.29. The molecule has 2 aromatic heterocycles. The largest absolute Gasteiger partial charge is 0.370 e. The molecule has 50 heavy (non-hydrogen) atoms. The second kappa shape index (κ2) is 14.2. The minimum atomic E-state index is -0.308. The van der Waals surface area contributed by atoms with E-state index in [1.54, 1.807) is 19.3 Å². The lowest BCUT2D eigenvalue weighted by molar-refractivity contribution is -0.119. The van der Waals surface area contributed by atoms with Gasteiger partial charge in [-0.3, -0.25) is 9.59 Å². The number of aromatic nitrogens is 3. The summed E-state index contributed by atoms with van der Waals surface area (Å²) in [7, 11) is 0. The number of halogens is 3. The number of fused-ring (bicyclic) bond motifs is 1. The molecular weight excluding hydrogens is 691 g/mol. The summed E-state index contributed by atoms with van der Waals surface area (Å²) in [5, 5.41) is 8.70. The molecule has 8 nitrogen and oxygen atoms in total. The maximum absolute atomic E-state index is 14.6. The molecule has 1 fully saturated rings. The van der Waals surface area contributed by atoms with Gasteiger partial charge in [-0.1, -0.05) is 89.4 Å². The number of H-pyrrole nitrogens is 1. The van der Waals surface area contributed by atoms with Crippen LogP contribution >= 0.6 is 34.8 Å². The fourth-order valence-corrected chi connectivity index (χ4v) is 7.62. The maximum atomic E-state index is 14.6. The Labute approximate surface area is 305 Å². The Bertz CT molecular complexity index is 2200. The van der Waals surface area contributed by atoms with Crippen molar-refractivity contribution in [2.24, 2.45) is 0 Å². The number of aromatic amines is 1. The van der Waals surface area contributed by atoms with E-state index in [0.29, 0.717) is 32.0 Å². The number of amides is 2. The molecular formula is C39H35Cl3N6O2. The lowest BCUT2D eigenvalue weighted by Crippen LogP contribution is -2.44. The van der Waals surface area contributed by atoms with Crippen LogP contribution in [0.4, 0.5) is 11.4 Å². The van der Waals surface area contributed by atoms with E-state index < -0.39 is 0 Å². The summed E-state index contributed by atoms with van der Waals surface area (Å²) in [6, 6.07) is 28.6. The van der Waals surface area contributed by atoms with Gasteiger partial charge in [0, 0.05) is 63.2 Å². The Morgan fingerprint density at radius 3 is 2.34 bits per heavy atom. The van der Waals surface area contributed by atoms with Gasteiger partial charge < -0.3 is 25.1 Å². The average Bonchev–Trinajstić information content (AvgIpc) is 3.70. The Morgan fingerprint density at radius 1 is 0.900 bits per heavy atom. The molecule has 0 bridgehead atoms. The van der Waals surface area contributed by atoms with Crippen molar-refractivity contribution < 1.29 is 9.59 Å². The highest BCUT2D eigenvalue weighted by Crippen LogP contribution is 2.42. The summed E-state index contributed by atoms with van der Waals surface area (Å²) in [4.78, 5) is 36.8. The molecule has 4 aromatic carbocycles. The lowest BCUT2D eigenvalue weighted by Gasteiger charge is -2.34. The number of nitrogens with one attached hydrogen (secondary N) is 3. The van der Waals surface area contributed by atoms with Gasteiger partial charge in [0.15, 0.2) is 0 Å². The number of hydrogen-bond acceptors (Lipinski definition) is 4. The predicted octanol–water partition coefficient (Wildman–Crippen LogP) is 9.63. The molecule has 1 aliphatic rings. The molecule has 1 atom stereocenters. The molecule has 0 spiro atoms. The van der Waals surface area contributed by atoms with E-state index in [9.17, 15) is 9.59 Å². The monoisotopic (exact) mass is 724 g/mol. The number of hydrogen-bond donors (Lipinski definition) is 3. The number of nitrogens with zero attached hydrogens (tertiary/aromatic N) is 3. The number of piperidine rings is 1. The highest BCUT2D eigenvalue weighted by atomic mass is 35.5. The van der Waals surface area contributed by atoms with E-state index in [4.69, 9.17) is 39.8 Å². The first-order valence-electron chi connectivity index (χ1n) is 16.5. The molecule has 6 aromatic rings. The summed E-state index contributed by atoms with van der Waals surface area (Å²) >= 11 is 19.5. The van der Waals surface area contributed by atoms with Crippen LogP contribution in [0.5, 0.6) is 0 Å². The van der Waals surface area contributed by atoms with Crippen LogP contribution in [0.15, 0.2) is 97.3 Å². The second-order valence-electron chi connectivity index (χ2n) is 12.6. The van der Waals surface area contributed by atoms with E-state index in [-0.39, 0.29) is 23.9 Å². The summed E-state index contributed by atoms with van der Waals surface area (Å²) in [6.07, 6.45) is 3.43. The van der Waals surface area contributed by atoms with Crippen LogP contribution < -0.4 is 15.5 Å². The van der Waals surface area contributed by atoms with Crippen LogP contribution in [0, 0.1) is 0 Å². The molecule has 0 unspecified atom stereocenters. The van der Waals surface area contributed by atoms with Crippen molar-refractivity contribution in [1.29, 1.82) is 0 Å². The zero-order chi connectivity index (χ0) is 34.9. The Balaban J connectivity index is 1.34. The lowest BCUT2D eigenvalue weighted by atomic mass is 9.99. The molecule has 11 heteroatoms. The van der Waals surface area contributed by atoms with Gasteiger partial charge in [0.2, 0.25) is 5.91 Å². The molecule has 2 amide bonds. The number of imidazole rings is 1. The van der Waals surface area contributed by atoms with Gasteiger partial charge in [-0.25, -0.2) is 4.98 Å². The Kier molecular flexibility index (Phi) is 9.60. The van der Waals surface area contributed by atoms with Gasteiger partial charge in [-0.05, 0) is 61.7 Å². The van der Waals surface area contributed by atoms with Gasteiger partial charge in [-0.15, -0.1) is 0 Å². The van der Waals surface area contributed by atoms with Crippen LogP contribution in [-0.4, -0.2) is 45.5 Å². The van der Waals surface area contributed by atoms with Gasteiger partial charge in [0.25, 0.3) is 5.91 Å². The van der Waals surface area contributed by atoms with Crippen molar-refractivity contribution in [2.75, 3.05) is 23.3 Å². The van der Waals surface area contributed by atoms with Crippen LogP contribution in [0.3, 0.4) is 0 Å². The zero-order valence-electron chi connectivity index (χ0n) is 27.5. The third kappa shape index (κ3) is 6.71. The quantitative estimate of drug-likeness (QED) is 0.146. The van der Waals surface area contributed by atoms with Gasteiger partial charge >= 0.3 is 0 Å². The van der Waals surface area contributed by atoms with Gasteiger partial charge in [-0.2, -0.15) is 0 Å². The van der Waals surface area contributed by atoms with Crippen molar-refractivity contribution in [2.45, 2.75) is 38.8 Å². The normalized spacial score (nSPS) is 14.1. The molecule has 1 aliphatic heterocycles. The molecule has 0 radical (unpaired) electrons. The van der Waals surface area contributed by atoms with Crippen LogP contribution in [0.1, 0.15) is 48.8 Å². The number of anilines is 2. The summed E-state index contributed by atoms with van der Waals surface area (Å²) in [6.45, 7) is 5.09. The molecule has 0 saturated carbocycles. The van der Waals surface area contributed by atoms with Gasteiger partial charge in [0.05, 0.1) is 35.1 Å². The third-order valence-electron chi connectivity index (χ3n) is 9.29. The van der Waals surface area contributed by atoms with Crippen molar-refractivity contribution in [3.8, 4) is 22.5 Å². The van der Waals surface area contributed by atoms with Crippen molar-refractivity contribution in [1.82, 2.24) is 19.9 Å². The summed E-state index contributed by atoms with van der Waals surface area (Å²) < 4.78 is 2.05. The second-order valence-corrected chi connectivity index (χ2v) is 13.8. The van der Waals surface area contributed by atoms with Gasteiger partial charge in [0.1, 0.15) is 5.69 Å². The highest BCUT2D eigenvalue weighted by molar-refractivity contribution is 6.35. The third-order valence-corrected chi connectivity index (χ3v) is 10.1. The Hall–Kier alpha value is -4.76. The number of carbonyl (C=O) groups is 2. The van der Waals surface area contributed by atoms with Crippen LogP contribution in [0.2, 0.25) is 15.1 Å². The average molecular weight is 726 g/mol. The SMILES string of the molecule is CC(=O)NC1CCN(c2ccccc2NC(=O)c2[nH]c3cc(Cl)ccc3c2-c2c(-c3ccccc3)ncn2[C@@H](C)c2ccc(Cl)cc2Cl)CC1. The standard InChI is InChI=1S/C39H35Cl3N6O2/c1-23(29-14-12-26(40)20-31(29)42)48-22-43-36(25-8-4-3-5-9-25)38(48)35-30-15-13-27(41)21-33(30)45-37(35)39(50)46-32-10-6-7-11-34(32)47-18-16-28(17-19-47)44-24(2)49/h3-15,20-23,28,45H,16-19H2,1-2H3,(H,44,49)(H,46,50)/t23-/m0/s1. The first kappa shape index (κ1) is 33.7. The van der Waals surface area contributed by atoms with E-state index in [0.717, 1.165) is 65.0 Å². The first-order valence-corrected chi connectivity index (χ1v) is 17.6. The van der Waals surface area contributed by atoms with E-state index in [1.165, 1.54) is 0 Å². The van der Waals surface area contributed by atoms with Crippen molar-refractivity contribution in [3.05, 3.63) is 124 Å². The Morgan fingerprint density at radius 2 is 1.60 bits per heavy atom. The van der Waals surface area contributed by atoms with Crippen molar-refractivity contribution >= 4 is 68.9 Å². The molecule has 1 saturated heterocycles. The van der Waals surface area contributed by atoms with Crippen LogP contribution in [0.25, 0.3) is 33.4 Å². The molecule has 3 heterocycles. The fourth-order valence-electron chi connectivity index (χ4n) is 6.88. The van der Waals surface area contributed by atoms with E-state index in [2.05, 4.69) is 25.1 Å². The smallest absolute Gasteiger partial charge is 0.272 e. The molecule has 0 aliphatic carbocycles. The number of rotatable bonds is 8. The summed E-state index contributed by atoms with van der Waals surface area (Å²) in [5.41, 5.74) is 6.62. The zero-order valence-corrected chi connectivity index (χ0v) is 29.8. The molecule has 7 rings (SSSR count). The molecule has 254 valence electrons. The maximum Gasteiger partial charge on any atom is 0.272 e. The minimum Gasteiger partial charge on any atom is -0.370 e. The van der Waals surface area contributed by atoms with E-state index >= 15 is 0 Å². The van der Waals surface area contributed by atoms with Crippen molar-refractivity contribution in [3.63, 3.8) is 0 Å². The summed E-state index contributed by atoms with van der Waals surface area (Å²) in [5.74, 6) is -0.328. The van der Waals surface area contributed by atoms with E-state index in [1.807, 2.05) is 91.9 Å². The number of para-hydroxylation sites is 2. The fraction of sp³-hybridized carbons (Fsp3) is 0.205. The number of carbonyl (C=O) groups excluding carboxylic acids is 2. The molecule has 3 N–H and O–H groups in total.